The molecule has 158 valence electrons. The van der Waals surface area contributed by atoms with E-state index in [0.717, 1.165) is 29.1 Å². The van der Waals surface area contributed by atoms with E-state index in [9.17, 15) is 9.18 Å². The molecule has 2 atom stereocenters. The van der Waals surface area contributed by atoms with Gasteiger partial charge in [0.1, 0.15) is 11.3 Å². The molecule has 31 heavy (non-hydrogen) atoms. The fourth-order valence-corrected chi connectivity index (χ4v) is 4.29. The lowest BCUT2D eigenvalue weighted by Gasteiger charge is -2.15. The number of nitrogens with zero attached hydrogens (tertiary/aromatic N) is 4. The Morgan fingerprint density at radius 1 is 1.19 bits per heavy atom. The van der Waals surface area contributed by atoms with Crippen molar-refractivity contribution in [1.29, 1.82) is 0 Å². The van der Waals surface area contributed by atoms with Crippen LogP contribution in [0.4, 0.5) is 4.39 Å². The number of hydrogen-bond acceptors (Lipinski definition) is 4. The number of ether oxygens (including phenoxy) is 1. The Morgan fingerprint density at radius 3 is 2.71 bits per heavy atom. The van der Waals surface area contributed by atoms with Gasteiger partial charge in [-0.25, -0.2) is 9.97 Å². The number of imidazole rings is 1. The van der Waals surface area contributed by atoms with E-state index in [4.69, 9.17) is 4.74 Å². The minimum absolute atomic E-state index is 0.0663. The molecule has 0 aliphatic carbocycles. The van der Waals surface area contributed by atoms with Crippen LogP contribution in [-0.4, -0.2) is 31.6 Å². The molecule has 0 amide bonds. The van der Waals surface area contributed by atoms with Crippen molar-refractivity contribution in [2.45, 2.75) is 31.8 Å². The Balaban J connectivity index is 1.49. The normalized spacial score (nSPS) is 18.7. The van der Waals surface area contributed by atoms with Crippen LogP contribution in [0.1, 0.15) is 36.3 Å². The van der Waals surface area contributed by atoms with Crippen molar-refractivity contribution in [2.75, 3.05) is 6.61 Å². The van der Waals surface area contributed by atoms with Crippen LogP contribution < -0.4 is 5.56 Å². The molecule has 0 bridgehead atoms. The van der Waals surface area contributed by atoms with Crippen LogP contribution in [0.15, 0.2) is 59.7 Å². The van der Waals surface area contributed by atoms with E-state index in [0.29, 0.717) is 24.2 Å². The lowest BCUT2D eigenvalue weighted by atomic mass is 10.0. The molecule has 7 heteroatoms. The maximum absolute atomic E-state index is 13.4. The Kier molecular flexibility index (Phi) is 4.90. The van der Waals surface area contributed by atoms with Gasteiger partial charge in [-0.05, 0) is 31.0 Å². The van der Waals surface area contributed by atoms with E-state index >= 15 is 0 Å². The zero-order chi connectivity index (χ0) is 21.5. The second-order valence-electron chi connectivity index (χ2n) is 8.05. The van der Waals surface area contributed by atoms with Gasteiger partial charge in [-0.1, -0.05) is 30.3 Å². The van der Waals surface area contributed by atoms with Gasteiger partial charge in [-0.2, -0.15) is 4.39 Å². The highest BCUT2D eigenvalue weighted by molar-refractivity contribution is 5.59. The van der Waals surface area contributed by atoms with Crippen molar-refractivity contribution in [3.63, 3.8) is 0 Å². The van der Waals surface area contributed by atoms with Crippen molar-refractivity contribution >= 4 is 5.52 Å². The predicted molar refractivity (Wildman–Crippen MR) is 116 cm³/mol. The summed E-state index contributed by atoms with van der Waals surface area (Å²) in [5.41, 5.74) is 3.89. The molecule has 0 spiro atoms. The average molecular weight is 418 g/mol. The fourth-order valence-electron chi connectivity index (χ4n) is 4.29. The standard InChI is InChI=1S/C24H23FN4O2/c1-15-19(10-11-31-15)23-26-13-21-24(30)28(2)18(14-29(21)23)12-16-6-8-17(9-7-16)20-4-3-5-22(25)27-20/h3-9,13-15,19H,10-12H2,1-2H3/t15-,19-/m1/s1. The lowest BCUT2D eigenvalue weighted by molar-refractivity contribution is 0.117. The summed E-state index contributed by atoms with van der Waals surface area (Å²) in [6, 6.07) is 12.6. The lowest BCUT2D eigenvalue weighted by Crippen LogP contribution is -2.24. The van der Waals surface area contributed by atoms with Gasteiger partial charge in [-0.15, -0.1) is 0 Å². The van der Waals surface area contributed by atoms with Crippen molar-refractivity contribution in [3.8, 4) is 11.3 Å². The third kappa shape index (κ3) is 3.55. The molecular weight excluding hydrogens is 395 g/mol. The summed E-state index contributed by atoms with van der Waals surface area (Å²) in [6.07, 6.45) is 5.24. The summed E-state index contributed by atoms with van der Waals surface area (Å²) in [7, 11) is 1.79. The van der Waals surface area contributed by atoms with E-state index in [1.807, 2.05) is 34.9 Å². The molecular formula is C24H23FN4O2. The monoisotopic (exact) mass is 418 g/mol. The first kappa shape index (κ1) is 19.6. The fraction of sp³-hybridized carbons (Fsp3) is 0.292. The Bertz CT molecular complexity index is 1310. The van der Waals surface area contributed by atoms with E-state index in [1.165, 1.54) is 6.07 Å². The predicted octanol–water partition coefficient (Wildman–Crippen LogP) is 3.72. The molecule has 0 unspecified atom stereocenters. The third-order valence-electron chi connectivity index (χ3n) is 6.12. The second kappa shape index (κ2) is 7.74. The summed E-state index contributed by atoms with van der Waals surface area (Å²) in [5, 5.41) is 0. The Labute approximate surface area is 179 Å². The average Bonchev–Trinajstić information content (AvgIpc) is 3.38. The summed E-state index contributed by atoms with van der Waals surface area (Å²) in [4.78, 5) is 21.4. The molecule has 1 saturated heterocycles. The number of aromatic nitrogens is 4. The Hall–Kier alpha value is -3.32. The van der Waals surface area contributed by atoms with Gasteiger partial charge in [0.25, 0.3) is 5.56 Å². The van der Waals surface area contributed by atoms with Gasteiger partial charge >= 0.3 is 0 Å². The van der Waals surface area contributed by atoms with Crippen LogP contribution in [-0.2, 0) is 18.2 Å². The number of fused-ring (bicyclic) bond motifs is 1. The second-order valence-corrected chi connectivity index (χ2v) is 8.05. The van der Waals surface area contributed by atoms with Crippen molar-refractivity contribution in [1.82, 2.24) is 18.9 Å². The first-order valence-corrected chi connectivity index (χ1v) is 10.4. The van der Waals surface area contributed by atoms with E-state index in [2.05, 4.69) is 16.9 Å². The van der Waals surface area contributed by atoms with Crippen LogP contribution in [0, 0.1) is 5.95 Å². The number of benzene rings is 1. The van der Waals surface area contributed by atoms with E-state index in [1.54, 1.807) is 29.9 Å². The van der Waals surface area contributed by atoms with Crippen LogP contribution in [0.3, 0.4) is 0 Å². The molecule has 1 aliphatic heterocycles. The van der Waals surface area contributed by atoms with Crippen LogP contribution in [0.25, 0.3) is 16.8 Å². The molecule has 0 N–H and O–H groups in total. The van der Waals surface area contributed by atoms with E-state index in [-0.39, 0.29) is 17.6 Å². The molecule has 4 aromatic rings. The molecule has 0 saturated carbocycles. The largest absolute Gasteiger partial charge is 0.378 e. The first-order valence-electron chi connectivity index (χ1n) is 10.4. The quantitative estimate of drug-likeness (QED) is 0.474. The van der Waals surface area contributed by atoms with Gasteiger partial charge in [0.05, 0.1) is 18.0 Å². The summed E-state index contributed by atoms with van der Waals surface area (Å²) in [6.45, 7) is 2.76. The smallest absolute Gasteiger partial charge is 0.276 e. The SMILES string of the molecule is C[C@H]1OCC[C@H]1c1ncc2c(=O)n(C)c(Cc3ccc(-c4cccc(F)n4)cc3)cn12. The minimum Gasteiger partial charge on any atom is -0.378 e. The zero-order valence-corrected chi connectivity index (χ0v) is 17.5. The highest BCUT2D eigenvalue weighted by Crippen LogP contribution is 2.30. The zero-order valence-electron chi connectivity index (χ0n) is 17.5. The highest BCUT2D eigenvalue weighted by Gasteiger charge is 2.29. The number of hydrogen-bond donors (Lipinski definition) is 0. The van der Waals surface area contributed by atoms with Gasteiger partial charge in [0, 0.05) is 43.4 Å². The number of pyridine rings is 1. The molecule has 4 heterocycles. The van der Waals surface area contributed by atoms with Gasteiger partial charge < -0.3 is 9.30 Å². The Morgan fingerprint density at radius 2 is 2.00 bits per heavy atom. The summed E-state index contributed by atoms with van der Waals surface area (Å²) in [5.74, 6) is 0.565. The maximum Gasteiger partial charge on any atom is 0.276 e. The highest BCUT2D eigenvalue weighted by atomic mass is 19.1. The van der Waals surface area contributed by atoms with Crippen molar-refractivity contribution in [3.05, 3.63) is 88.2 Å². The van der Waals surface area contributed by atoms with Crippen molar-refractivity contribution in [2.24, 2.45) is 7.05 Å². The topological polar surface area (TPSA) is 61.4 Å². The molecule has 1 fully saturated rings. The van der Waals surface area contributed by atoms with Gasteiger partial charge in [0.2, 0.25) is 5.95 Å². The first-order chi connectivity index (χ1) is 15.0. The van der Waals surface area contributed by atoms with Crippen LogP contribution >= 0.6 is 0 Å². The van der Waals surface area contributed by atoms with E-state index < -0.39 is 5.95 Å². The molecule has 6 nitrogen and oxygen atoms in total. The summed E-state index contributed by atoms with van der Waals surface area (Å²) < 4.78 is 22.7. The molecule has 3 aromatic heterocycles. The van der Waals surface area contributed by atoms with Gasteiger partial charge in [-0.3, -0.25) is 9.20 Å². The van der Waals surface area contributed by atoms with Crippen LogP contribution in [0.2, 0.25) is 0 Å². The van der Waals surface area contributed by atoms with Gasteiger partial charge in [0.15, 0.2) is 0 Å². The molecule has 5 rings (SSSR count). The summed E-state index contributed by atoms with van der Waals surface area (Å²) >= 11 is 0. The minimum atomic E-state index is -0.497. The number of halogens is 1. The maximum atomic E-state index is 13.4. The van der Waals surface area contributed by atoms with Crippen molar-refractivity contribution < 1.29 is 9.13 Å². The van der Waals surface area contributed by atoms with Crippen LogP contribution in [0.5, 0.6) is 0 Å². The molecule has 1 aromatic carbocycles. The number of rotatable bonds is 4. The third-order valence-corrected chi connectivity index (χ3v) is 6.12. The molecule has 1 aliphatic rings. The molecule has 0 radical (unpaired) electrons.